The van der Waals surface area contributed by atoms with Gasteiger partial charge in [0, 0.05) is 55.3 Å². The van der Waals surface area contributed by atoms with Gasteiger partial charge in [0.1, 0.15) is 5.69 Å². The molecule has 1 aromatic heterocycles. The van der Waals surface area contributed by atoms with Gasteiger partial charge in [-0.05, 0) is 48.0 Å². The number of pyridine rings is 1. The number of nitrogens with two attached hydrogens (primary N) is 1. The Morgan fingerprint density at radius 1 is 0.771 bits per heavy atom. The quantitative estimate of drug-likeness (QED) is 0.430. The molecule has 176 valence electrons. The van der Waals surface area contributed by atoms with E-state index in [9.17, 15) is 4.79 Å². The second-order valence-corrected chi connectivity index (χ2v) is 8.63. The number of hydrogen-bond acceptors (Lipinski definition) is 5. The molecule has 0 spiro atoms. The first-order valence-corrected chi connectivity index (χ1v) is 11.9. The number of para-hydroxylation sites is 2. The average molecular weight is 464 g/mol. The van der Waals surface area contributed by atoms with Crippen LogP contribution in [0.3, 0.4) is 0 Å². The molecule has 1 saturated heterocycles. The third-order valence-electron chi connectivity index (χ3n) is 6.30. The van der Waals surface area contributed by atoms with Gasteiger partial charge >= 0.3 is 0 Å². The summed E-state index contributed by atoms with van der Waals surface area (Å²) in [6.45, 7) is 4.00. The molecule has 0 radical (unpaired) electrons. The molecule has 0 saturated carbocycles. The van der Waals surface area contributed by atoms with E-state index in [4.69, 9.17) is 10.7 Å². The second kappa shape index (κ2) is 10.4. The largest absolute Gasteiger partial charge is 0.368 e. The number of aromatic nitrogens is 1. The van der Waals surface area contributed by atoms with E-state index in [0.717, 1.165) is 54.4 Å². The zero-order valence-electron chi connectivity index (χ0n) is 19.6. The Kier molecular flexibility index (Phi) is 6.73. The van der Waals surface area contributed by atoms with Crippen LogP contribution in [0.4, 0.5) is 17.1 Å². The van der Waals surface area contributed by atoms with Crippen molar-refractivity contribution in [3.63, 3.8) is 0 Å². The van der Waals surface area contributed by atoms with Gasteiger partial charge in [-0.25, -0.2) is 4.98 Å². The normalized spacial score (nSPS) is 13.5. The molecule has 0 aliphatic carbocycles. The maximum absolute atomic E-state index is 13.2. The average Bonchev–Trinajstić information content (AvgIpc) is 2.94. The van der Waals surface area contributed by atoms with E-state index in [1.54, 1.807) is 0 Å². The predicted octanol–water partition coefficient (Wildman–Crippen LogP) is 4.79. The number of anilines is 3. The first-order chi connectivity index (χ1) is 17.2. The molecule has 3 aromatic carbocycles. The van der Waals surface area contributed by atoms with Gasteiger partial charge in [0.25, 0.3) is 5.91 Å². The van der Waals surface area contributed by atoms with Gasteiger partial charge in [-0.1, -0.05) is 54.6 Å². The highest BCUT2D eigenvalue weighted by atomic mass is 16.1. The molecule has 3 N–H and O–H groups in total. The number of amides is 1. The Balaban J connectivity index is 1.44. The van der Waals surface area contributed by atoms with E-state index in [1.165, 1.54) is 5.69 Å². The molecular formula is C29H29N5O. The minimum absolute atomic E-state index is 0.225. The summed E-state index contributed by atoms with van der Waals surface area (Å²) in [6, 6.07) is 32.0. The van der Waals surface area contributed by atoms with Crippen LogP contribution in [0.1, 0.15) is 16.1 Å². The van der Waals surface area contributed by atoms with Crippen LogP contribution in [0.2, 0.25) is 0 Å². The summed E-state index contributed by atoms with van der Waals surface area (Å²) in [6.07, 6.45) is 0. The van der Waals surface area contributed by atoms with E-state index in [0.29, 0.717) is 12.2 Å². The van der Waals surface area contributed by atoms with Gasteiger partial charge in [0.05, 0.1) is 5.69 Å². The van der Waals surface area contributed by atoms with Crippen LogP contribution in [0.15, 0.2) is 97.1 Å². The topological polar surface area (TPSA) is 74.5 Å². The number of carbonyl (C=O) groups excluding carboxylic acids is 1. The van der Waals surface area contributed by atoms with Crippen LogP contribution in [-0.4, -0.2) is 37.1 Å². The first kappa shape index (κ1) is 22.6. The highest BCUT2D eigenvalue weighted by Crippen LogP contribution is 2.27. The number of nitrogens with zero attached hydrogens (tertiary/aromatic N) is 3. The molecule has 5 rings (SSSR count). The maximum atomic E-state index is 13.2. The maximum Gasteiger partial charge on any atom is 0.274 e. The summed E-state index contributed by atoms with van der Waals surface area (Å²) >= 11 is 0. The van der Waals surface area contributed by atoms with Crippen LogP contribution in [0.25, 0.3) is 11.3 Å². The van der Waals surface area contributed by atoms with Crippen molar-refractivity contribution in [1.82, 2.24) is 4.98 Å². The molecule has 6 heteroatoms. The SMILES string of the molecule is NCc1cccc(-c2cc(N3CCN(c4ccccc4)CC3)cc(C(=O)Nc3ccccc3)n2)c1. The lowest BCUT2D eigenvalue weighted by Crippen LogP contribution is -2.46. The molecule has 0 atom stereocenters. The molecular weight excluding hydrogens is 434 g/mol. The Labute approximate surface area is 206 Å². The zero-order chi connectivity index (χ0) is 24.0. The summed E-state index contributed by atoms with van der Waals surface area (Å²) in [7, 11) is 0. The first-order valence-electron chi connectivity index (χ1n) is 11.9. The lowest BCUT2D eigenvalue weighted by Gasteiger charge is -2.37. The summed E-state index contributed by atoms with van der Waals surface area (Å²) < 4.78 is 0. The standard InChI is InChI=1S/C29H29N5O/c30-21-22-8-7-9-23(18-22)27-19-26(20-28(32-27)29(35)31-24-10-3-1-4-11-24)34-16-14-33(15-17-34)25-12-5-2-6-13-25/h1-13,18-20H,14-17,21,30H2,(H,31,35). The lowest BCUT2D eigenvalue weighted by molar-refractivity contribution is 0.102. The summed E-state index contributed by atoms with van der Waals surface area (Å²) in [5.41, 5.74) is 12.0. The second-order valence-electron chi connectivity index (χ2n) is 8.63. The van der Waals surface area contributed by atoms with Gasteiger partial charge < -0.3 is 20.9 Å². The fourth-order valence-electron chi connectivity index (χ4n) is 4.40. The molecule has 1 aliphatic heterocycles. The molecule has 2 heterocycles. The number of benzene rings is 3. The van der Waals surface area contributed by atoms with Crippen molar-refractivity contribution in [1.29, 1.82) is 0 Å². The lowest BCUT2D eigenvalue weighted by atomic mass is 10.1. The van der Waals surface area contributed by atoms with Gasteiger partial charge in [0.15, 0.2) is 0 Å². The Morgan fingerprint density at radius 2 is 1.43 bits per heavy atom. The van der Waals surface area contributed by atoms with Crippen molar-refractivity contribution in [2.24, 2.45) is 5.73 Å². The summed E-state index contributed by atoms with van der Waals surface area (Å²) in [5, 5.41) is 2.97. The number of piperazine rings is 1. The van der Waals surface area contributed by atoms with Gasteiger partial charge in [0.2, 0.25) is 0 Å². The third kappa shape index (κ3) is 5.34. The Hall–Kier alpha value is -4.16. The van der Waals surface area contributed by atoms with Gasteiger partial charge in [-0.2, -0.15) is 0 Å². The van der Waals surface area contributed by atoms with Crippen LogP contribution >= 0.6 is 0 Å². The van der Waals surface area contributed by atoms with Crippen molar-refractivity contribution in [2.75, 3.05) is 41.3 Å². The highest BCUT2D eigenvalue weighted by molar-refractivity contribution is 6.03. The van der Waals surface area contributed by atoms with E-state index in [-0.39, 0.29) is 5.91 Å². The Morgan fingerprint density at radius 3 is 2.11 bits per heavy atom. The smallest absolute Gasteiger partial charge is 0.274 e. The number of carbonyl (C=O) groups is 1. The van der Waals surface area contributed by atoms with Crippen LogP contribution < -0.4 is 20.9 Å². The van der Waals surface area contributed by atoms with Crippen molar-refractivity contribution in [2.45, 2.75) is 6.54 Å². The van der Waals surface area contributed by atoms with E-state index in [1.807, 2.05) is 66.7 Å². The van der Waals surface area contributed by atoms with Crippen molar-refractivity contribution in [3.05, 3.63) is 108 Å². The minimum Gasteiger partial charge on any atom is -0.368 e. The highest BCUT2D eigenvalue weighted by Gasteiger charge is 2.20. The van der Waals surface area contributed by atoms with E-state index in [2.05, 4.69) is 45.4 Å². The Bertz CT molecular complexity index is 1280. The fourth-order valence-corrected chi connectivity index (χ4v) is 4.40. The predicted molar refractivity (Wildman–Crippen MR) is 143 cm³/mol. The van der Waals surface area contributed by atoms with E-state index < -0.39 is 0 Å². The molecule has 1 fully saturated rings. The van der Waals surface area contributed by atoms with Crippen molar-refractivity contribution < 1.29 is 4.79 Å². The molecule has 0 bridgehead atoms. The molecule has 4 aromatic rings. The third-order valence-corrected chi connectivity index (χ3v) is 6.30. The zero-order valence-corrected chi connectivity index (χ0v) is 19.6. The van der Waals surface area contributed by atoms with Gasteiger partial charge in [-0.15, -0.1) is 0 Å². The number of nitrogens with one attached hydrogen (secondary N) is 1. The molecule has 1 aliphatic rings. The minimum atomic E-state index is -0.225. The summed E-state index contributed by atoms with van der Waals surface area (Å²) in [5.74, 6) is -0.225. The molecule has 0 unspecified atom stereocenters. The van der Waals surface area contributed by atoms with Crippen LogP contribution in [0, 0.1) is 0 Å². The van der Waals surface area contributed by atoms with Crippen LogP contribution in [-0.2, 0) is 6.54 Å². The molecule has 1 amide bonds. The van der Waals surface area contributed by atoms with Gasteiger partial charge in [-0.3, -0.25) is 4.79 Å². The monoisotopic (exact) mass is 463 g/mol. The fraction of sp³-hybridized carbons (Fsp3) is 0.172. The van der Waals surface area contributed by atoms with Crippen LogP contribution in [0.5, 0.6) is 0 Å². The molecule has 6 nitrogen and oxygen atoms in total. The number of hydrogen-bond donors (Lipinski definition) is 2. The summed E-state index contributed by atoms with van der Waals surface area (Å²) in [4.78, 5) is 22.6. The van der Waals surface area contributed by atoms with Crippen molar-refractivity contribution >= 4 is 23.0 Å². The number of rotatable bonds is 6. The van der Waals surface area contributed by atoms with E-state index >= 15 is 0 Å². The van der Waals surface area contributed by atoms with Crippen molar-refractivity contribution in [3.8, 4) is 11.3 Å². The molecule has 35 heavy (non-hydrogen) atoms.